The fourth-order valence-corrected chi connectivity index (χ4v) is 3.65. The molecule has 1 fully saturated rings. The Hall–Kier alpha value is -0.810. The van der Waals surface area contributed by atoms with Crippen LogP contribution in [0.25, 0.3) is 0 Å². The van der Waals surface area contributed by atoms with Crippen LogP contribution in [0.1, 0.15) is 49.2 Å². The van der Waals surface area contributed by atoms with E-state index >= 15 is 0 Å². The van der Waals surface area contributed by atoms with Crippen LogP contribution in [0, 0.1) is 5.41 Å². The van der Waals surface area contributed by atoms with E-state index in [1.807, 2.05) is 0 Å². The lowest BCUT2D eigenvalue weighted by Gasteiger charge is -2.38. The van der Waals surface area contributed by atoms with E-state index in [1.54, 1.807) is 0 Å². The number of nitrogens with zero attached hydrogens (tertiary/aromatic N) is 1. The van der Waals surface area contributed by atoms with E-state index in [2.05, 4.69) is 28.9 Å². The highest BCUT2D eigenvalue weighted by molar-refractivity contribution is 7.18. The first-order valence-corrected chi connectivity index (χ1v) is 7.64. The van der Waals surface area contributed by atoms with Crippen LogP contribution in [0.15, 0.2) is 0 Å². The minimum Gasteiger partial charge on any atom is -0.465 e. The molecule has 1 aromatic rings. The maximum atomic E-state index is 11.5. The quantitative estimate of drug-likeness (QED) is 0.859. The second kappa shape index (κ2) is 5.67. The third-order valence-electron chi connectivity index (χ3n) is 3.76. The van der Waals surface area contributed by atoms with Crippen molar-refractivity contribution < 1.29 is 9.53 Å². The average molecular weight is 303 g/mol. The topological polar surface area (TPSA) is 51.2 Å². The maximum Gasteiger partial charge on any atom is 0.351 e. The molecule has 1 unspecified atom stereocenters. The Labute approximate surface area is 122 Å². The Bertz CT molecular complexity index is 473. The Morgan fingerprint density at radius 3 is 2.89 bits per heavy atom. The number of ether oxygens (including phenoxy) is 1. The number of aromatic nitrogens is 1. The molecular formula is C13H19ClN2O2S. The molecule has 1 aromatic heterocycles. The van der Waals surface area contributed by atoms with E-state index in [4.69, 9.17) is 11.6 Å². The molecule has 1 aliphatic rings. The second-order valence-electron chi connectivity index (χ2n) is 5.56. The molecule has 0 radical (unpaired) electrons. The molecule has 0 aromatic carbocycles. The molecule has 1 saturated carbocycles. The highest BCUT2D eigenvalue weighted by Gasteiger charge is 2.33. The summed E-state index contributed by atoms with van der Waals surface area (Å²) in [6, 6.07) is 0.369. The normalized spacial score (nSPS) is 22.0. The fraction of sp³-hybridized carbons (Fsp3) is 0.692. The van der Waals surface area contributed by atoms with Crippen LogP contribution in [0.4, 0.5) is 5.13 Å². The minimum atomic E-state index is -0.432. The standard InChI is InChI=1S/C13H19ClN2O2S/c1-13(2)7-5-4-6-8(13)15-12-16-10(14)9(19-12)11(17)18-3/h8H,4-7H2,1-3H3,(H,15,16). The first-order valence-electron chi connectivity index (χ1n) is 6.45. The highest BCUT2D eigenvalue weighted by Crippen LogP contribution is 2.38. The van der Waals surface area contributed by atoms with Gasteiger partial charge in [-0.25, -0.2) is 9.78 Å². The summed E-state index contributed by atoms with van der Waals surface area (Å²) in [6.07, 6.45) is 4.83. The van der Waals surface area contributed by atoms with Gasteiger partial charge in [0.25, 0.3) is 0 Å². The summed E-state index contributed by atoms with van der Waals surface area (Å²) >= 11 is 7.22. The van der Waals surface area contributed by atoms with Crippen LogP contribution >= 0.6 is 22.9 Å². The number of halogens is 1. The van der Waals surface area contributed by atoms with Crippen molar-refractivity contribution >= 4 is 34.0 Å². The number of rotatable bonds is 3. The van der Waals surface area contributed by atoms with Gasteiger partial charge in [-0.1, -0.05) is 49.6 Å². The van der Waals surface area contributed by atoms with Gasteiger partial charge in [0.1, 0.15) is 0 Å². The lowest BCUT2D eigenvalue weighted by Crippen LogP contribution is -2.38. The van der Waals surface area contributed by atoms with E-state index in [0.29, 0.717) is 16.1 Å². The van der Waals surface area contributed by atoms with E-state index in [1.165, 1.54) is 37.7 Å². The van der Waals surface area contributed by atoms with Gasteiger partial charge in [-0.3, -0.25) is 0 Å². The molecule has 6 heteroatoms. The van der Waals surface area contributed by atoms with Gasteiger partial charge in [0.15, 0.2) is 15.2 Å². The SMILES string of the molecule is COC(=O)c1sc(NC2CCCCC2(C)C)nc1Cl. The van der Waals surface area contributed by atoms with Crippen molar-refractivity contribution in [2.75, 3.05) is 12.4 Å². The third kappa shape index (κ3) is 3.20. The van der Waals surface area contributed by atoms with Gasteiger partial charge in [-0.2, -0.15) is 0 Å². The van der Waals surface area contributed by atoms with Gasteiger partial charge < -0.3 is 10.1 Å². The van der Waals surface area contributed by atoms with E-state index in [9.17, 15) is 4.79 Å². The van der Waals surface area contributed by atoms with Gasteiger partial charge in [0, 0.05) is 6.04 Å². The lowest BCUT2D eigenvalue weighted by molar-refractivity contribution is 0.0606. The van der Waals surface area contributed by atoms with Gasteiger partial charge in [-0.15, -0.1) is 0 Å². The number of thiazole rings is 1. The van der Waals surface area contributed by atoms with Gasteiger partial charge in [0.2, 0.25) is 0 Å². The predicted molar refractivity (Wildman–Crippen MR) is 78.1 cm³/mol. The fourth-order valence-electron chi connectivity index (χ4n) is 2.49. The summed E-state index contributed by atoms with van der Waals surface area (Å²) in [5.74, 6) is -0.432. The van der Waals surface area contributed by atoms with Crippen molar-refractivity contribution in [1.82, 2.24) is 4.98 Å². The molecule has 4 nitrogen and oxygen atoms in total. The molecule has 0 bridgehead atoms. The third-order valence-corrected chi connectivity index (χ3v) is 5.11. The van der Waals surface area contributed by atoms with Crippen molar-refractivity contribution in [3.63, 3.8) is 0 Å². The van der Waals surface area contributed by atoms with Crippen molar-refractivity contribution in [3.8, 4) is 0 Å². The highest BCUT2D eigenvalue weighted by atomic mass is 35.5. The molecule has 1 N–H and O–H groups in total. The number of esters is 1. The number of hydrogen-bond acceptors (Lipinski definition) is 5. The Morgan fingerprint density at radius 2 is 2.26 bits per heavy atom. The summed E-state index contributed by atoms with van der Waals surface area (Å²) in [7, 11) is 1.34. The monoisotopic (exact) mass is 302 g/mol. The number of anilines is 1. The van der Waals surface area contributed by atoms with Crippen LogP contribution in [-0.4, -0.2) is 24.1 Å². The van der Waals surface area contributed by atoms with Crippen molar-refractivity contribution in [1.29, 1.82) is 0 Å². The van der Waals surface area contributed by atoms with Crippen LogP contribution in [-0.2, 0) is 4.74 Å². The molecule has 0 spiro atoms. The number of carbonyl (C=O) groups excluding carboxylic acids is 1. The molecule has 1 aliphatic carbocycles. The van der Waals surface area contributed by atoms with Crippen LogP contribution in [0.3, 0.4) is 0 Å². The Morgan fingerprint density at radius 1 is 1.53 bits per heavy atom. The molecule has 19 heavy (non-hydrogen) atoms. The zero-order chi connectivity index (χ0) is 14.0. The zero-order valence-electron chi connectivity index (χ0n) is 11.5. The first kappa shape index (κ1) is 14.6. The lowest BCUT2D eigenvalue weighted by atomic mass is 9.73. The van der Waals surface area contributed by atoms with Crippen LogP contribution in [0.2, 0.25) is 5.15 Å². The Kier molecular flexibility index (Phi) is 4.36. The molecular weight excluding hydrogens is 284 g/mol. The van der Waals surface area contributed by atoms with Gasteiger partial charge >= 0.3 is 5.97 Å². The molecule has 0 aliphatic heterocycles. The second-order valence-corrected chi connectivity index (χ2v) is 6.92. The molecule has 2 rings (SSSR count). The van der Waals surface area contributed by atoms with Crippen LogP contribution < -0.4 is 5.32 Å². The number of nitrogens with one attached hydrogen (secondary N) is 1. The van der Waals surface area contributed by atoms with Crippen molar-refractivity contribution in [2.45, 2.75) is 45.6 Å². The van der Waals surface area contributed by atoms with Gasteiger partial charge in [0.05, 0.1) is 7.11 Å². The predicted octanol–water partition coefficient (Wildman–Crippen LogP) is 3.96. The van der Waals surface area contributed by atoms with E-state index in [-0.39, 0.29) is 10.6 Å². The molecule has 0 amide bonds. The molecule has 1 heterocycles. The van der Waals surface area contributed by atoms with Crippen LogP contribution in [0.5, 0.6) is 0 Å². The minimum absolute atomic E-state index is 0.216. The summed E-state index contributed by atoms with van der Waals surface area (Å²) in [5, 5.41) is 4.34. The number of hydrogen-bond donors (Lipinski definition) is 1. The molecule has 106 valence electrons. The summed E-state index contributed by atoms with van der Waals surface area (Å²) in [6.45, 7) is 4.53. The molecule has 1 atom stereocenters. The number of methoxy groups -OCH3 is 1. The largest absolute Gasteiger partial charge is 0.465 e. The van der Waals surface area contributed by atoms with E-state index in [0.717, 1.165) is 6.42 Å². The average Bonchev–Trinajstić information content (AvgIpc) is 2.72. The summed E-state index contributed by atoms with van der Waals surface area (Å²) < 4.78 is 4.68. The maximum absolute atomic E-state index is 11.5. The summed E-state index contributed by atoms with van der Waals surface area (Å²) in [4.78, 5) is 16.1. The summed E-state index contributed by atoms with van der Waals surface area (Å²) in [5.41, 5.74) is 0.238. The zero-order valence-corrected chi connectivity index (χ0v) is 13.0. The van der Waals surface area contributed by atoms with Crippen molar-refractivity contribution in [3.05, 3.63) is 10.0 Å². The van der Waals surface area contributed by atoms with Crippen molar-refractivity contribution in [2.24, 2.45) is 5.41 Å². The first-order chi connectivity index (χ1) is 8.94. The molecule has 0 saturated heterocycles. The Balaban J connectivity index is 2.13. The smallest absolute Gasteiger partial charge is 0.351 e. The van der Waals surface area contributed by atoms with E-state index < -0.39 is 5.97 Å². The number of carbonyl (C=O) groups is 1. The van der Waals surface area contributed by atoms with Gasteiger partial charge in [-0.05, 0) is 18.3 Å².